The highest BCUT2D eigenvalue weighted by atomic mass is 32.2. The fourth-order valence-corrected chi connectivity index (χ4v) is 3.48. The Morgan fingerprint density at radius 1 is 1.17 bits per heavy atom. The molecule has 0 saturated heterocycles. The van der Waals surface area contributed by atoms with Crippen LogP contribution in [0.4, 0.5) is 5.69 Å². The van der Waals surface area contributed by atoms with Crippen LogP contribution in [-0.4, -0.2) is 31.0 Å². The van der Waals surface area contributed by atoms with Crippen molar-refractivity contribution in [2.24, 2.45) is 0 Å². The number of carboxylic acid groups (broad SMARTS) is 1. The maximum atomic E-state index is 12.8. The highest BCUT2D eigenvalue weighted by Gasteiger charge is 2.28. The summed E-state index contributed by atoms with van der Waals surface area (Å²) in [5.74, 6) is -1.01. The van der Waals surface area contributed by atoms with Crippen LogP contribution in [-0.2, 0) is 14.8 Å². The summed E-state index contributed by atoms with van der Waals surface area (Å²) in [7, 11) is -4.06. The summed E-state index contributed by atoms with van der Waals surface area (Å²) in [6, 6.07) is 9.73. The number of rotatable bonds is 6. The summed E-state index contributed by atoms with van der Waals surface area (Å²) in [6.45, 7) is 5.16. The normalized spacial score (nSPS) is 11.5. The molecular formula is C17H20N2O4S. The summed E-state index contributed by atoms with van der Waals surface area (Å²) >= 11 is 0. The van der Waals surface area contributed by atoms with E-state index in [0.29, 0.717) is 0 Å². The van der Waals surface area contributed by atoms with Crippen LogP contribution >= 0.6 is 0 Å². The van der Waals surface area contributed by atoms with Crippen molar-refractivity contribution in [2.45, 2.75) is 31.7 Å². The molecule has 0 saturated carbocycles. The zero-order valence-corrected chi connectivity index (χ0v) is 14.6. The third kappa shape index (κ3) is 3.91. The molecule has 1 heterocycles. The van der Waals surface area contributed by atoms with E-state index in [1.165, 1.54) is 12.3 Å². The van der Waals surface area contributed by atoms with Crippen LogP contribution in [0, 0.1) is 6.92 Å². The molecule has 1 N–H and O–H groups in total. The smallest absolute Gasteiger partial charge is 0.324 e. The van der Waals surface area contributed by atoms with E-state index in [0.717, 1.165) is 15.4 Å². The molecule has 6 nitrogen and oxygen atoms in total. The summed E-state index contributed by atoms with van der Waals surface area (Å²) in [6.07, 6.45) is 1.51. The van der Waals surface area contributed by atoms with Crippen molar-refractivity contribution >= 4 is 21.7 Å². The Hall–Kier alpha value is -2.41. The number of carbonyl (C=O) groups is 1. The second kappa shape index (κ2) is 7.00. The Kier molecular flexibility index (Phi) is 5.23. The van der Waals surface area contributed by atoms with Gasteiger partial charge >= 0.3 is 5.97 Å². The van der Waals surface area contributed by atoms with Gasteiger partial charge in [0.1, 0.15) is 6.54 Å². The van der Waals surface area contributed by atoms with E-state index in [2.05, 4.69) is 4.98 Å². The minimum atomic E-state index is -4.06. The van der Waals surface area contributed by atoms with Gasteiger partial charge in [-0.2, -0.15) is 8.42 Å². The number of pyridine rings is 1. The topological polar surface area (TPSA) is 87.6 Å². The Morgan fingerprint density at radius 2 is 1.79 bits per heavy atom. The van der Waals surface area contributed by atoms with E-state index in [1.807, 2.05) is 20.8 Å². The summed E-state index contributed by atoms with van der Waals surface area (Å²) in [4.78, 5) is 15.2. The lowest BCUT2D eigenvalue weighted by Crippen LogP contribution is -2.36. The molecule has 0 aliphatic carbocycles. The predicted octanol–water partition coefficient (Wildman–Crippen LogP) is 2.79. The number of aliphatic carboxylic acids is 1. The number of hydrogen-bond donors (Lipinski definition) is 1. The van der Waals surface area contributed by atoms with Crippen LogP contribution < -0.4 is 4.31 Å². The second-order valence-electron chi connectivity index (χ2n) is 5.83. The van der Waals surface area contributed by atoms with Gasteiger partial charge in [-0.15, -0.1) is 0 Å². The number of anilines is 1. The molecule has 2 rings (SSSR count). The molecule has 0 spiro atoms. The van der Waals surface area contributed by atoms with Crippen molar-refractivity contribution in [1.29, 1.82) is 0 Å². The number of carboxylic acids is 1. The van der Waals surface area contributed by atoms with Crippen molar-refractivity contribution < 1.29 is 18.3 Å². The number of benzene rings is 1. The highest BCUT2D eigenvalue weighted by molar-refractivity contribution is 7.92. The van der Waals surface area contributed by atoms with Crippen LogP contribution in [0.3, 0.4) is 0 Å². The summed E-state index contributed by atoms with van der Waals surface area (Å²) in [5, 5.41) is 8.93. The first kappa shape index (κ1) is 17.9. The number of aromatic nitrogens is 1. The maximum absolute atomic E-state index is 12.8. The molecule has 0 amide bonds. The molecule has 0 fully saturated rings. The van der Waals surface area contributed by atoms with Crippen molar-refractivity contribution in [1.82, 2.24) is 4.98 Å². The number of hydrogen-bond acceptors (Lipinski definition) is 4. The van der Waals surface area contributed by atoms with Gasteiger partial charge in [0.25, 0.3) is 10.0 Å². The van der Waals surface area contributed by atoms with E-state index < -0.39 is 22.5 Å². The first-order valence-electron chi connectivity index (χ1n) is 7.49. The van der Waals surface area contributed by atoms with Gasteiger partial charge in [0, 0.05) is 6.20 Å². The largest absolute Gasteiger partial charge is 0.480 e. The van der Waals surface area contributed by atoms with Crippen LogP contribution in [0.5, 0.6) is 0 Å². The standard InChI is InChI=1S/C17H20N2O4S/c1-12(2)14-6-9-16(18-10-14)24(22,23)19(11-17(20)21)15-7-4-13(3)5-8-15/h4-10,12H,11H2,1-3H3,(H,20,21). The fourth-order valence-electron chi connectivity index (χ4n) is 2.15. The average molecular weight is 348 g/mol. The van der Waals surface area contributed by atoms with Gasteiger partial charge < -0.3 is 5.11 Å². The predicted molar refractivity (Wildman–Crippen MR) is 91.7 cm³/mol. The van der Waals surface area contributed by atoms with Gasteiger partial charge in [-0.25, -0.2) is 4.98 Å². The quantitative estimate of drug-likeness (QED) is 0.867. The molecule has 0 bridgehead atoms. The van der Waals surface area contributed by atoms with E-state index >= 15 is 0 Å². The van der Waals surface area contributed by atoms with Crippen molar-refractivity contribution in [3.05, 3.63) is 53.7 Å². The van der Waals surface area contributed by atoms with Gasteiger partial charge in [0.2, 0.25) is 0 Å². The Bertz CT molecular complexity index is 813. The van der Waals surface area contributed by atoms with Crippen molar-refractivity contribution in [3.63, 3.8) is 0 Å². The van der Waals surface area contributed by atoms with E-state index in [4.69, 9.17) is 5.11 Å². The molecule has 1 aromatic carbocycles. The van der Waals surface area contributed by atoms with E-state index in [1.54, 1.807) is 30.3 Å². The summed E-state index contributed by atoms with van der Waals surface area (Å²) in [5.41, 5.74) is 2.15. The van der Waals surface area contributed by atoms with E-state index in [-0.39, 0.29) is 16.6 Å². The van der Waals surface area contributed by atoms with Gasteiger partial charge in [-0.3, -0.25) is 9.10 Å². The van der Waals surface area contributed by atoms with Gasteiger partial charge in [0.05, 0.1) is 5.69 Å². The minimum Gasteiger partial charge on any atom is -0.480 e. The first-order valence-corrected chi connectivity index (χ1v) is 8.93. The Labute approximate surface area is 141 Å². The lowest BCUT2D eigenvalue weighted by atomic mass is 10.1. The third-order valence-electron chi connectivity index (χ3n) is 3.58. The lowest BCUT2D eigenvalue weighted by molar-refractivity contribution is -0.135. The molecule has 24 heavy (non-hydrogen) atoms. The molecule has 0 aliphatic rings. The Balaban J connectivity index is 2.46. The molecular weight excluding hydrogens is 328 g/mol. The van der Waals surface area contributed by atoms with Crippen LogP contribution in [0.25, 0.3) is 0 Å². The minimum absolute atomic E-state index is 0.172. The molecule has 2 aromatic rings. The zero-order valence-electron chi connectivity index (χ0n) is 13.8. The van der Waals surface area contributed by atoms with Gasteiger partial charge in [-0.05, 0) is 36.6 Å². The number of aryl methyl sites for hydroxylation is 1. The van der Waals surface area contributed by atoms with Gasteiger partial charge in [-0.1, -0.05) is 37.6 Å². The molecule has 128 valence electrons. The fraction of sp³-hybridized carbons (Fsp3) is 0.294. The molecule has 0 atom stereocenters. The monoisotopic (exact) mass is 348 g/mol. The number of nitrogens with zero attached hydrogens (tertiary/aromatic N) is 2. The van der Waals surface area contributed by atoms with Crippen molar-refractivity contribution in [2.75, 3.05) is 10.8 Å². The molecule has 0 radical (unpaired) electrons. The molecule has 0 unspecified atom stereocenters. The highest BCUT2D eigenvalue weighted by Crippen LogP contribution is 2.24. The molecule has 1 aromatic heterocycles. The van der Waals surface area contributed by atoms with Crippen LogP contribution in [0.1, 0.15) is 30.9 Å². The zero-order chi connectivity index (χ0) is 17.9. The second-order valence-corrected chi connectivity index (χ2v) is 7.63. The van der Waals surface area contributed by atoms with E-state index in [9.17, 15) is 13.2 Å². The average Bonchev–Trinajstić information content (AvgIpc) is 2.53. The van der Waals surface area contributed by atoms with Gasteiger partial charge in [0.15, 0.2) is 5.03 Å². The Morgan fingerprint density at radius 3 is 2.25 bits per heavy atom. The molecule has 7 heteroatoms. The SMILES string of the molecule is Cc1ccc(N(CC(=O)O)S(=O)(=O)c2ccc(C(C)C)cn2)cc1. The third-order valence-corrected chi connectivity index (χ3v) is 5.27. The summed E-state index contributed by atoms with van der Waals surface area (Å²) < 4.78 is 26.5. The maximum Gasteiger partial charge on any atom is 0.324 e. The van der Waals surface area contributed by atoms with Crippen LogP contribution in [0.15, 0.2) is 47.6 Å². The van der Waals surface area contributed by atoms with Crippen LogP contribution in [0.2, 0.25) is 0 Å². The first-order chi connectivity index (χ1) is 11.2. The lowest BCUT2D eigenvalue weighted by Gasteiger charge is -2.22. The van der Waals surface area contributed by atoms with Crippen molar-refractivity contribution in [3.8, 4) is 0 Å². The molecule has 0 aliphatic heterocycles. The number of sulfonamides is 1.